The zero-order valence-corrected chi connectivity index (χ0v) is 11.5. The molecule has 1 heterocycles. The van der Waals surface area contributed by atoms with Crippen LogP contribution >= 0.6 is 0 Å². The van der Waals surface area contributed by atoms with E-state index in [9.17, 15) is 9.18 Å². The van der Waals surface area contributed by atoms with Gasteiger partial charge in [0.15, 0.2) is 0 Å². The third kappa shape index (κ3) is 3.02. The van der Waals surface area contributed by atoms with Crippen LogP contribution in [0.4, 0.5) is 10.1 Å². The highest BCUT2D eigenvalue weighted by Crippen LogP contribution is 2.30. The molecule has 0 saturated heterocycles. The van der Waals surface area contributed by atoms with Crippen LogP contribution in [-0.2, 0) is 6.54 Å². The van der Waals surface area contributed by atoms with Gasteiger partial charge in [-0.3, -0.25) is 9.78 Å². The van der Waals surface area contributed by atoms with Crippen molar-refractivity contribution < 1.29 is 9.18 Å². The van der Waals surface area contributed by atoms with E-state index in [0.717, 1.165) is 18.4 Å². The van der Waals surface area contributed by atoms with Crippen LogP contribution in [-0.4, -0.2) is 21.8 Å². The van der Waals surface area contributed by atoms with Gasteiger partial charge in [-0.1, -0.05) is 6.07 Å². The molecule has 0 aliphatic heterocycles. The number of nitrogen functional groups attached to an aromatic ring is 1. The Morgan fingerprint density at radius 3 is 2.81 bits per heavy atom. The molecule has 3 rings (SSSR count). The lowest BCUT2D eigenvalue weighted by Gasteiger charge is -2.23. The zero-order chi connectivity index (χ0) is 14.8. The minimum absolute atomic E-state index is 0.154. The number of aromatic nitrogens is 1. The van der Waals surface area contributed by atoms with Crippen LogP contribution in [0.2, 0.25) is 0 Å². The van der Waals surface area contributed by atoms with Gasteiger partial charge in [0.05, 0.1) is 5.56 Å². The molecule has 4 nitrogen and oxygen atoms in total. The molecule has 0 atom stereocenters. The topological polar surface area (TPSA) is 59.2 Å². The first-order valence-corrected chi connectivity index (χ1v) is 6.90. The predicted octanol–water partition coefficient (Wildman–Crippen LogP) is 2.61. The van der Waals surface area contributed by atoms with Crippen molar-refractivity contribution in [2.75, 3.05) is 5.73 Å². The highest BCUT2D eigenvalue weighted by molar-refractivity contribution is 5.99. The third-order valence-corrected chi connectivity index (χ3v) is 3.57. The third-order valence-electron chi connectivity index (χ3n) is 3.57. The van der Waals surface area contributed by atoms with E-state index in [-0.39, 0.29) is 17.6 Å². The number of carbonyl (C=O) groups excluding carboxylic acids is 1. The molecule has 1 fully saturated rings. The standard InChI is InChI=1S/C16H16FN3O/c17-12-3-6-14(15(18)8-12)16(21)20(13-4-5-13)10-11-2-1-7-19-9-11/h1-3,6-9,13H,4-5,10,18H2. The summed E-state index contributed by atoms with van der Waals surface area (Å²) in [5.74, 6) is -0.590. The number of pyridine rings is 1. The Bertz CT molecular complexity index is 656. The second-order valence-electron chi connectivity index (χ2n) is 5.26. The first kappa shape index (κ1) is 13.5. The molecule has 2 N–H and O–H groups in total. The number of halogens is 1. The molecule has 1 amide bonds. The molecule has 0 bridgehead atoms. The molecular weight excluding hydrogens is 269 g/mol. The maximum atomic E-state index is 13.1. The van der Waals surface area contributed by atoms with Gasteiger partial charge in [-0.05, 0) is 42.7 Å². The number of nitrogens with zero attached hydrogens (tertiary/aromatic N) is 2. The molecule has 1 aliphatic carbocycles. The molecule has 108 valence electrons. The Kier molecular flexibility index (Phi) is 3.56. The van der Waals surface area contributed by atoms with Gasteiger partial charge in [-0.2, -0.15) is 0 Å². The monoisotopic (exact) mass is 285 g/mol. The average molecular weight is 285 g/mol. The van der Waals surface area contributed by atoms with Gasteiger partial charge in [0.1, 0.15) is 5.82 Å². The SMILES string of the molecule is Nc1cc(F)ccc1C(=O)N(Cc1cccnc1)C1CC1. The van der Waals surface area contributed by atoms with Gasteiger partial charge in [0.25, 0.3) is 5.91 Å². The summed E-state index contributed by atoms with van der Waals surface area (Å²) in [5, 5.41) is 0. The summed E-state index contributed by atoms with van der Waals surface area (Å²) < 4.78 is 13.1. The van der Waals surface area contributed by atoms with E-state index in [2.05, 4.69) is 4.98 Å². The van der Waals surface area contributed by atoms with Crippen LogP contribution < -0.4 is 5.73 Å². The average Bonchev–Trinajstić information content (AvgIpc) is 3.30. The summed E-state index contributed by atoms with van der Waals surface area (Å²) >= 11 is 0. The molecular formula is C16H16FN3O. The van der Waals surface area contributed by atoms with Gasteiger partial charge in [0, 0.05) is 30.7 Å². The number of hydrogen-bond acceptors (Lipinski definition) is 3. The van der Waals surface area contributed by atoms with Gasteiger partial charge in [-0.25, -0.2) is 4.39 Å². The summed E-state index contributed by atoms with van der Waals surface area (Å²) in [4.78, 5) is 18.5. The van der Waals surface area contributed by atoms with Crippen molar-refractivity contribution in [3.8, 4) is 0 Å². The van der Waals surface area contributed by atoms with Crippen LogP contribution in [0.15, 0.2) is 42.7 Å². The number of nitrogens with two attached hydrogens (primary N) is 1. The van der Waals surface area contributed by atoms with E-state index in [1.165, 1.54) is 18.2 Å². The van der Waals surface area contributed by atoms with Gasteiger partial charge < -0.3 is 10.6 Å². The van der Waals surface area contributed by atoms with Crippen LogP contribution in [0.1, 0.15) is 28.8 Å². The van der Waals surface area contributed by atoms with Gasteiger partial charge in [-0.15, -0.1) is 0 Å². The second-order valence-corrected chi connectivity index (χ2v) is 5.26. The molecule has 5 heteroatoms. The molecule has 1 aliphatic rings. The maximum absolute atomic E-state index is 13.1. The lowest BCUT2D eigenvalue weighted by Crippen LogP contribution is -2.33. The molecule has 1 aromatic carbocycles. The molecule has 0 radical (unpaired) electrons. The quantitative estimate of drug-likeness (QED) is 0.878. The van der Waals surface area contributed by atoms with E-state index >= 15 is 0 Å². The molecule has 1 aromatic heterocycles. The summed E-state index contributed by atoms with van der Waals surface area (Å²) in [6.45, 7) is 0.494. The zero-order valence-electron chi connectivity index (χ0n) is 11.5. The van der Waals surface area contributed by atoms with Crippen molar-refractivity contribution >= 4 is 11.6 Å². The fraction of sp³-hybridized carbons (Fsp3) is 0.250. The number of anilines is 1. The van der Waals surface area contributed by atoms with Crippen LogP contribution in [0, 0.1) is 5.82 Å². The molecule has 0 unspecified atom stereocenters. The van der Waals surface area contributed by atoms with Gasteiger partial charge >= 0.3 is 0 Å². The van der Waals surface area contributed by atoms with Crippen molar-refractivity contribution in [2.45, 2.75) is 25.4 Å². The number of hydrogen-bond donors (Lipinski definition) is 1. The van der Waals surface area contributed by atoms with Gasteiger partial charge in [0.2, 0.25) is 0 Å². The normalized spacial score (nSPS) is 14.0. The Hall–Kier alpha value is -2.43. The second kappa shape index (κ2) is 5.52. The van der Waals surface area contributed by atoms with Crippen molar-refractivity contribution in [3.63, 3.8) is 0 Å². The van der Waals surface area contributed by atoms with E-state index in [0.29, 0.717) is 12.1 Å². The number of amides is 1. The molecule has 2 aromatic rings. The number of rotatable bonds is 4. The van der Waals surface area contributed by atoms with E-state index in [1.807, 2.05) is 12.1 Å². The Morgan fingerprint density at radius 2 is 2.19 bits per heavy atom. The van der Waals surface area contributed by atoms with Crippen molar-refractivity contribution in [2.24, 2.45) is 0 Å². The Balaban J connectivity index is 1.85. The molecule has 0 spiro atoms. The van der Waals surface area contributed by atoms with Crippen molar-refractivity contribution in [1.82, 2.24) is 9.88 Å². The minimum atomic E-state index is -0.436. The highest BCUT2D eigenvalue weighted by atomic mass is 19.1. The van der Waals surface area contributed by atoms with Crippen LogP contribution in [0.3, 0.4) is 0 Å². The fourth-order valence-electron chi connectivity index (χ4n) is 2.32. The first-order chi connectivity index (χ1) is 10.1. The summed E-state index contributed by atoms with van der Waals surface area (Å²) in [6, 6.07) is 7.91. The smallest absolute Gasteiger partial charge is 0.256 e. The van der Waals surface area contributed by atoms with Crippen LogP contribution in [0.25, 0.3) is 0 Å². The fourth-order valence-corrected chi connectivity index (χ4v) is 2.32. The van der Waals surface area contributed by atoms with Crippen LogP contribution in [0.5, 0.6) is 0 Å². The largest absolute Gasteiger partial charge is 0.398 e. The van der Waals surface area contributed by atoms with E-state index in [4.69, 9.17) is 5.73 Å². The lowest BCUT2D eigenvalue weighted by atomic mass is 10.1. The predicted molar refractivity (Wildman–Crippen MR) is 77.9 cm³/mol. The Morgan fingerprint density at radius 1 is 1.38 bits per heavy atom. The summed E-state index contributed by atoms with van der Waals surface area (Å²) in [5.41, 5.74) is 7.28. The van der Waals surface area contributed by atoms with Crippen molar-refractivity contribution in [3.05, 3.63) is 59.7 Å². The Labute approximate surface area is 122 Å². The summed E-state index contributed by atoms with van der Waals surface area (Å²) in [6.07, 6.45) is 5.43. The minimum Gasteiger partial charge on any atom is -0.398 e. The highest BCUT2D eigenvalue weighted by Gasteiger charge is 2.33. The molecule has 1 saturated carbocycles. The molecule has 21 heavy (non-hydrogen) atoms. The summed E-state index contributed by atoms with van der Waals surface area (Å²) in [7, 11) is 0. The maximum Gasteiger partial charge on any atom is 0.256 e. The van der Waals surface area contributed by atoms with E-state index in [1.54, 1.807) is 17.3 Å². The van der Waals surface area contributed by atoms with E-state index < -0.39 is 5.82 Å². The van der Waals surface area contributed by atoms with Crippen molar-refractivity contribution in [1.29, 1.82) is 0 Å². The first-order valence-electron chi connectivity index (χ1n) is 6.90. The lowest BCUT2D eigenvalue weighted by molar-refractivity contribution is 0.0731. The number of carbonyl (C=O) groups is 1. The number of benzene rings is 1.